The Morgan fingerprint density at radius 2 is 1.62 bits per heavy atom. The van der Waals surface area contributed by atoms with E-state index in [1.165, 1.54) is 26.0 Å². The number of ketones is 1. The van der Waals surface area contributed by atoms with Crippen molar-refractivity contribution in [2.75, 3.05) is 6.61 Å². The van der Waals surface area contributed by atoms with E-state index in [1.807, 2.05) is 0 Å². The van der Waals surface area contributed by atoms with Crippen LogP contribution in [-0.4, -0.2) is 110 Å². The first-order chi connectivity index (χ1) is 26.0. The van der Waals surface area contributed by atoms with Crippen LogP contribution in [0.3, 0.4) is 0 Å². The van der Waals surface area contributed by atoms with E-state index in [0.29, 0.717) is 12.8 Å². The molecule has 1 heterocycles. The van der Waals surface area contributed by atoms with Crippen LogP contribution in [0.2, 0.25) is 0 Å². The number of Topliss-reactive ketones (excluding diaryl/α,β-unsaturated/α-hetero) is 1. The molecule has 0 aromatic heterocycles. The zero-order valence-corrected chi connectivity index (χ0v) is 33.5. The quantitative estimate of drug-likeness (QED) is 0.146. The van der Waals surface area contributed by atoms with Crippen molar-refractivity contribution in [1.29, 1.82) is 0 Å². The van der Waals surface area contributed by atoms with E-state index >= 15 is 0 Å². The molecule has 56 heavy (non-hydrogen) atoms. The fourth-order valence-electron chi connectivity index (χ4n) is 10.3. The fraction of sp³-hybridized carbons (Fsp3) is 0.690. The van der Waals surface area contributed by atoms with Crippen molar-refractivity contribution >= 4 is 29.6 Å². The highest BCUT2D eigenvalue weighted by atomic mass is 16.6. The average Bonchev–Trinajstić information content (AvgIpc) is 3.67. The van der Waals surface area contributed by atoms with E-state index in [1.54, 1.807) is 59.7 Å². The first-order valence-electron chi connectivity index (χ1n) is 19.6. The number of aliphatic hydroxyl groups is 4. The normalized spacial score (nSPS) is 36.4. The number of amides is 1. The minimum atomic E-state index is -2.31. The zero-order chi connectivity index (χ0) is 41.3. The molecule has 14 heteroatoms. The Kier molecular flexibility index (Phi) is 10.9. The topological polar surface area (TPSA) is 215 Å². The summed E-state index contributed by atoms with van der Waals surface area (Å²) in [5.74, 6) is -5.66. The summed E-state index contributed by atoms with van der Waals surface area (Å²) < 4.78 is 24.2. The van der Waals surface area contributed by atoms with Gasteiger partial charge in [-0.2, -0.15) is 0 Å². The SMILES string of the molecule is CC(=O)O[C@@]12COC1C[C@H](O)[C@@]1(C)C(=O)[C@H](O)C3=C(C)[C@@H](OC(=O)[C@H](O)[C@@H](NC(=O)C4CCCC4)C(C)(C)C)C[C@@](O)([C@@H](OC(=O)c4ccccc4)[C@@H]12)C3(C)C. The van der Waals surface area contributed by atoms with Crippen LogP contribution in [0.25, 0.3) is 0 Å². The molecule has 14 nitrogen and oxygen atoms in total. The highest BCUT2D eigenvalue weighted by Gasteiger charge is 2.78. The standard InChI is InChI=1S/C42H57NO13/c1-21-25(54-37(51)30(47)32(38(3,4)5)43-35(49)23-14-12-13-15-23)19-42(52)34(55-36(50)24-16-10-9-11-17-24)31-40(8,33(48)29(46)28(21)39(42,6)7)26(45)18-27-41(31,20-53-27)56-22(2)44/h9-11,16-17,23,25-27,29-32,34,45-47,52H,12-15,18-20H2,1-8H3,(H,43,49)/t25-,26-,27?,29+,30+,31-,32+,34-,40+,41-,42+/m0/s1. The Morgan fingerprint density at radius 1 is 1.00 bits per heavy atom. The maximum Gasteiger partial charge on any atom is 0.338 e. The van der Waals surface area contributed by atoms with Crippen LogP contribution in [0.15, 0.2) is 41.5 Å². The van der Waals surface area contributed by atoms with Crippen molar-refractivity contribution < 1.29 is 63.3 Å². The molecule has 2 bridgehead atoms. The second-order valence-electron chi connectivity index (χ2n) is 18.4. The number of carbonyl (C=O) groups is 5. The summed E-state index contributed by atoms with van der Waals surface area (Å²) in [6.45, 7) is 12.3. The molecule has 1 amide bonds. The minimum absolute atomic E-state index is 0.0217. The molecule has 11 atom stereocenters. The summed E-state index contributed by atoms with van der Waals surface area (Å²) in [5, 5.41) is 51.8. The van der Waals surface area contributed by atoms with Gasteiger partial charge in [0.25, 0.3) is 0 Å². The Labute approximate surface area is 327 Å². The van der Waals surface area contributed by atoms with Gasteiger partial charge in [0.1, 0.15) is 30.0 Å². The molecule has 1 saturated heterocycles. The molecular formula is C42H57NO13. The molecule has 1 aliphatic heterocycles. The third-order valence-corrected chi connectivity index (χ3v) is 13.7. The van der Waals surface area contributed by atoms with Gasteiger partial charge < -0.3 is 44.7 Å². The van der Waals surface area contributed by atoms with Crippen molar-refractivity contribution in [1.82, 2.24) is 5.32 Å². The van der Waals surface area contributed by atoms with E-state index in [0.717, 1.165) is 12.8 Å². The summed E-state index contributed by atoms with van der Waals surface area (Å²) in [6.07, 6.45) is -6.89. The van der Waals surface area contributed by atoms with Gasteiger partial charge in [-0.15, -0.1) is 0 Å². The molecule has 1 unspecified atom stereocenters. The lowest BCUT2D eigenvalue weighted by Gasteiger charge is -2.67. The number of aliphatic hydroxyl groups excluding tert-OH is 3. The van der Waals surface area contributed by atoms with E-state index in [4.69, 9.17) is 18.9 Å². The van der Waals surface area contributed by atoms with Gasteiger partial charge in [-0.1, -0.05) is 65.7 Å². The third-order valence-electron chi connectivity index (χ3n) is 13.7. The van der Waals surface area contributed by atoms with Crippen LogP contribution < -0.4 is 5.32 Å². The lowest BCUT2D eigenvalue weighted by molar-refractivity contribution is -0.346. The third kappa shape index (κ3) is 6.58. The van der Waals surface area contributed by atoms with Gasteiger partial charge in [-0.3, -0.25) is 14.4 Å². The number of rotatable bonds is 8. The number of benzene rings is 1. The molecule has 0 radical (unpaired) electrons. The number of ether oxygens (including phenoxy) is 4. The van der Waals surface area contributed by atoms with E-state index < -0.39 is 106 Å². The molecular weight excluding hydrogens is 726 g/mol. The monoisotopic (exact) mass is 783 g/mol. The van der Waals surface area contributed by atoms with Crippen molar-refractivity contribution in [3.63, 3.8) is 0 Å². The summed E-state index contributed by atoms with van der Waals surface area (Å²) in [4.78, 5) is 69.1. The number of nitrogens with one attached hydrogen (secondary N) is 1. The van der Waals surface area contributed by atoms with Gasteiger partial charge in [-0.25, -0.2) is 9.59 Å². The van der Waals surface area contributed by atoms with Crippen molar-refractivity contribution in [3.05, 3.63) is 47.0 Å². The molecule has 4 aliphatic carbocycles. The van der Waals surface area contributed by atoms with Gasteiger partial charge in [-0.05, 0) is 55.4 Å². The molecule has 4 fully saturated rings. The molecule has 308 valence electrons. The molecule has 3 saturated carbocycles. The summed E-state index contributed by atoms with van der Waals surface area (Å²) in [7, 11) is 0. The van der Waals surface area contributed by atoms with Gasteiger partial charge in [0.05, 0.1) is 35.6 Å². The Balaban J connectivity index is 1.48. The number of carbonyl (C=O) groups excluding carboxylic acids is 5. The first kappa shape index (κ1) is 41.9. The molecule has 5 aliphatic rings. The average molecular weight is 784 g/mol. The predicted octanol–water partition coefficient (Wildman–Crippen LogP) is 2.71. The van der Waals surface area contributed by atoms with Crippen LogP contribution in [0.5, 0.6) is 0 Å². The molecule has 0 spiro atoms. The molecule has 1 aromatic carbocycles. The van der Waals surface area contributed by atoms with Gasteiger partial charge in [0.15, 0.2) is 17.5 Å². The number of esters is 3. The summed E-state index contributed by atoms with van der Waals surface area (Å²) >= 11 is 0. The number of hydrogen-bond acceptors (Lipinski definition) is 13. The van der Waals surface area contributed by atoms with Crippen molar-refractivity contribution in [3.8, 4) is 0 Å². The smallest absolute Gasteiger partial charge is 0.338 e. The van der Waals surface area contributed by atoms with E-state index in [-0.39, 0.29) is 41.6 Å². The van der Waals surface area contributed by atoms with Crippen LogP contribution in [0.1, 0.15) is 104 Å². The van der Waals surface area contributed by atoms with Crippen molar-refractivity contribution in [2.24, 2.45) is 28.1 Å². The Hall–Kier alpha value is -3.69. The number of fused-ring (bicyclic) bond motifs is 5. The predicted molar refractivity (Wildman–Crippen MR) is 198 cm³/mol. The van der Waals surface area contributed by atoms with Crippen molar-refractivity contribution in [2.45, 2.75) is 148 Å². The maximum atomic E-state index is 14.9. The number of hydrogen-bond donors (Lipinski definition) is 5. The second kappa shape index (κ2) is 14.6. The fourth-order valence-corrected chi connectivity index (χ4v) is 10.3. The van der Waals surface area contributed by atoms with Gasteiger partial charge >= 0.3 is 17.9 Å². The Bertz CT molecular complexity index is 1780. The highest BCUT2D eigenvalue weighted by molar-refractivity contribution is 5.94. The van der Waals surface area contributed by atoms with Crippen LogP contribution in [0, 0.1) is 28.1 Å². The summed E-state index contributed by atoms with van der Waals surface area (Å²) in [5.41, 5.74) is -8.10. The molecule has 1 aromatic rings. The summed E-state index contributed by atoms with van der Waals surface area (Å²) in [6, 6.07) is 6.86. The molecule has 6 rings (SSSR count). The Morgan fingerprint density at radius 3 is 2.18 bits per heavy atom. The zero-order valence-electron chi connectivity index (χ0n) is 33.5. The lowest BCUT2D eigenvalue weighted by atomic mass is 9.44. The van der Waals surface area contributed by atoms with E-state index in [9.17, 15) is 44.4 Å². The first-order valence-corrected chi connectivity index (χ1v) is 19.6. The molecule has 5 N–H and O–H groups in total. The highest BCUT2D eigenvalue weighted by Crippen LogP contribution is 2.64. The van der Waals surface area contributed by atoms with Crippen LogP contribution in [0.4, 0.5) is 0 Å². The van der Waals surface area contributed by atoms with Crippen LogP contribution >= 0.6 is 0 Å². The second-order valence-corrected chi connectivity index (χ2v) is 18.4. The van der Waals surface area contributed by atoms with E-state index in [2.05, 4.69) is 5.32 Å². The van der Waals surface area contributed by atoms with Gasteiger partial charge in [0, 0.05) is 31.1 Å². The lowest BCUT2D eigenvalue weighted by Crippen LogP contribution is -2.81. The maximum absolute atomic E-state index is 14.9. The minimum Gasteiger partial charge on any atom is -0.456 e. The largest absolute Gasteiger partial charge is 0.456 e. The van der Waals surface area contributed by atoms with Gasteiger partial charge in [0.2, 0.25) is 5.91 Å². The van der Waals surface area contributed by atoms with Crippen LogP contribution in [-0.2, 0) is 38.1 Å².